The molecule has 3 rings (SSSR count). The number of nitrogens with zero attached hydrogens (tertiary/aromatic N) is 1. The zero-order valence-corrected chi connectivity index (χ0v) is 12.3. The average Bonchev–Trinajstić information content (AvgIpc) is 2.88. The van der Waals surface area contributed by atoms with Crippen molar-refractivity contribution in [3.63, 3.8) is 0 Å². The molecule has 0 spiro atoms. The van der Waals surface area contributed by atoms with Gasteiger partial charge in [0.15, 0.2) is 5.82 Å². The molecule has 1 fully saturated rings. The summed E-state index contributed by atoms with van der Waals surface area (Å²) in [5.74, 6) is 2.59. The summed E-state index contributed by atoms with van der Waals surface area (Å²) < 4.78 is 11.6. The number of ether oxygens (including phenoxy) is 2. The maximum absolute atomic E-state index is 5.95. The van der Waals surface area contributed by atoms with E-state index in [2.05, 4.69) is 15.5 Å². The minimum Gasteiger partial charge on any atom is -0.493 e. The molecule has 114 valence electrons. The van der Waals surface area contributed by atoms with Gasteiger partial charge in [-0.3, -0.25) is 5.10 Å². The highest BCUT2D eigenvalue weighted by Gasteiger charge is 2.15. The van der Waals surface area contributed by atoms with Crippen LogP contribution in [0.25, 0.3) is 10.9 Å². The minimum absolute atomic E-state index is 0.457. The highest BCUT2D eigenvalue weighted by molar-refractivity contribution is 5.95. The number of aromatic amines is 1. The number of aromatic nitrogens is 2. The number of piperidine rings is 1. The number of rotatable bonds is 5. The Kier molecular flexibility index (Phi) is 4.15. The van der Waals surface area contributed by atoms with Crippen LogP contribution in [0.1, 0.15) is 19.8 Å². The van der Waals surface area contributed by atoms with Crippen LogP contribution in [0.3, 0.4) is 0 Å². The van der Waals surface area contributed by atoms with Gasteiger partial charge in [-0.1, -0.05) is 0 Å². The number of H-pyrrole nitrogens is 1. The molecule has 21 heavy (non-hydrogen) atoms. The van der Waals surface area contributed by atoms with Gasteiger partial charge in [-0.25, -0.2) is 0 Å². The van der Waals surface area contributed by atoms with Crippen molar-refractivity contribution in [3.05, 3.63) is 12.1 Å². The van der Waals surface area contributed by atoms with E-state index >= 15 is 0 Å². The fourth-order valence-corrected chi connectivity index (χ4v) is 2.73. The third-order valence-corrected chi connectivity index (χ3v) is 3.87. The number of nitrogen functional groups attached to an aromatic ring is 1. The van der Waals surface area contributed by atoms with Crippen molar-refractivity contribution in [1.82, 2.24) is 15.5 Å². The Morgan fingerprint density at radius 1 is 1.29 bits per heavy atom. The summed E-state index contributed by atoms with van der Waals surface area (Å²) >= 11 is 0. The van der Waals surface area contributed by atoms with Crippen LogP contribution in [0.15, 0.2) is 12.1 Å². The number of anilines is 1. The monoisotopic (exact) mass is 290 g/mol. The maximum Gasteiger partial charge on any atom is 0.156 e. The summed E-state index contributed by atoms with van der Waals surface area (Å²) in [4.78, 5) is 0. The normalized spacial score (nSPS) is 16.2. The lowest BCUT2D eigenvalue weighted by Gasteiger charge is -2.22. The lowest BCUT2D eigenvalue weighted by atomic mass is 9.99. The molecule has 6 heteroatoms. The molecule has 1 aliphatic heterocycles. The maximum atomic E-state index is 5.95. The topological polar surface area (TPSA) is 85.2 Å². The molecule has 4 N–H and O–H groups in total. The van der Waals surface area contributed by atoms with E-state index in [9.17, 15) is 0 Å². The summed E-state index contributed by atoms with van der Waals surface area (Å²) in [5.41, 5.74) is 6.72. The molecule has 2 heterocycles. The van der Waals surface area contributed by atoms with Crippen LogP contribution in [0.2, 0.25) is 0 Å². The summed E-state index contributed by atoms with van der Waals surface area (Å²) in [6.07, 6.45) is 2.33. The van der Waals surface area contributed by atoms with Crippen molar-refractivity contribution in [1.29, 1.82) is 0 Å². The second-order valence-electron chi connectivity index (χ2n) is 5.39. The highest BCUT2D eigenvalue weighted by atomic mass is 16.5. The largest absolute Gasteiger partial charge is 0.493 e. The molecule has 6 nitrogen and oxygen atoms in total. The molecular formula is C15H22N4O2. The van der Waals surface area contributed by atoms with Gasteiger partial charge in [-0.05, 0) is 38.8 Å². The van der Waals surface area contributed by atoms with E-state index in [4.69, 9.17) is 15.2 Å². The summed E-state index contributed by atoms with van der Waals surface area (Å²) in [6, 6.07) is 3.83. The van der Waals surface area contributed by atoms with Gasteiger partial charge in [0.1, 0.15) is 11.5 Å². The van der Waals surface area contributed by atoms with Crippen molar-refractivity contribution in [2.24, 2.45) is 5.92 Å². The lowest BCUT2D eigenvalue weighted by molar-refractivity contribution is 0.214. The van der Waals surface area contributed by atoms with Crippen molar-refractivity contribution in [3.8, 4) is 11.5 Å². The first kappa shape index (κ1) is 14.0. The van der Waals surface area contributed by atoms with Crippen LogP contribution < -0.4 is 20.5 Å². The predicted octanol–water partition coefficient (Wildman–Crippen LogP) is 1.92. The van der Waals surface area contributed by atoms with E-state index in [0.717, 1.165) is 54.9 Å². The Bertz CT molecular complexity index is 605. The van der Waals surface area contributed by atoms with E-state index < -0.39 is 0 Å². The first-order valence-corrected chi connectivity index (χ1v) is 7.52. The van der Waals surface area contributed by atoms with E-state index in [-0.39, 0.29) is 0 Å². The van der Waals surface area contributed by atoms with Crippen LogP contribution in [-0.4, -0.2) is 36.5 Å². The van der Waals surface area contributed by atoms with Gasteiger partial charge in [0.25, 0.3) is 0 Å². The number of benzene rings is 1. The SMILES string of the molecule is CCOc1cc(OCC2CCNCC2)cc2[nH]nc(N)c12. The van der Waals surface area contributed by atoms with Gasteiger partial charge in [0.05, 0.1) is 24.1 Å². The van der Waals surface area contributed by atoms with E-state index in [1.807, 2.05) is 19.1 Å². The molecule has 0 amide bonds. The van der Waals surface area contributed by atoms with E-state index in [0.29, 0.717) is 18.3 Å². The van der Waals surface area contributed by atoms with Crippen LogP contribution in [0.4, 0.5) is 5.82 Å². The van der Waals surface area contributed by atoms with Gasteiger partial charge in [-0.15, -0.1) is 0 Å². The van der Waals surface area contributed by atoms with Crippen LogP contribution in [0.5, 0.6) is 11.5 Å². The number of hydrogen-bond acceptors (Lipinski definition) is 5. The van der Waals surface area contributed by atoms with Crippen molar-refractivity contribution < 1.29 is 9.47 Å². The van der Waals surface area contributed by atoms with Gasteiger partial charge in [-0.2, -0.15) is 5.10 Å². The fraction of sp³-hybridized carbons (Fsp3) is 0.533. The van der Waals surface area contributed by atoms with Gasteiger partial charge >= 0.3 is 0 Å². The standard InChI is InChI=1S/C15H22N4O2/c1-2-20-13-8-11(7-12-14(13)15(16)19-18-12)21-9-10-3-5-17-6-4-10/h7-8,10,17H,2-6,9H2,1H3,(H3,16,18,19). The first-order valence-electron chi connectivity index (χ1n) is 7.52. The smallest absolute Gasteiger partial charge is 0.156 e. The highest BCUT2D eigenvalue weighted by Crippen LogP contribution is 2.34. The first-order chi connectivity index (χ1) is 10.3. The molecule has 1 aliphatic rings. The van der Waals surface area contributed by atoms with Crippen LogP contribution in [0, 0.1) is 5.92 Å². The Morgan fingerprint density at radius 3 is 2.86 bits per heavy atom. The molecule has 1 aromatic heterocycles. The van der Waals surface area contributed by atoms with Crippen molar-refractivity contribution >= 4 is 16.7 Å². The van der Waals surface area contributed by atoms with Gasteiger partial charge in [0.2, 0.25) is 0 Å². The zero-order chi connectivity index (χ0) is 14.7. The van der Waals surface area contributed by atoms with E-state index in [1.54, 1.807) is 0 Å². The minimum atomic E-state index is 0.457. The second kappa shape index (κ2) is 6.22. The summed E-state index contributed by atoms with van der Waals surface area (Å²) in [7, 11) is 0. The Balaban J connectivity index is 1.78. The molecule has 0 bridgehead atoms. The van der Waals surface area contributed by atoms with Crippen LogP contribution in [-0.2, 0) is 0 Å². The van der Waals surface area contributed by atoms with E-state index in [1.165, 1.54) is 0 Å². The number of nitrogens with one attached hydrogen (secondary N) is 2. The lowest BCUT2D eigenvalue weighted by Crippen LogP contribution is -2.30. The van der Waals surface area contributed by atoms with Gasteiger partial charge < -0.3 is 20.5 Å². The summed E-state index contributed by atoms with van der Waals surface area (Å²) in [5, 5.41) is 11.1. The van der Waals surface area contributed by atoms with Gasteiger partial charge in [0, 0.05) is 12.1 Å². The summed E-state index contributed by atoms with van der Waals surface area (Å²) in [6.45, 7) is 5.42. The molecule has 0 atom stereocenters. The van der Waals surface area contributed by atoms with Crippen LogP contribution >= 0.6 is 0 Å². The third-order valence-electron chi connectivity index (χ3n) is 3.87. The predicted molar refractivity (Wildman–Crippen MR) is 82.8 cm³/mol. The molecular weight excluding hydrogens is 268 g/mol. The molecule has 0 radical (unpaired) electrons. The molecule has 0 aliphatic carbocycles. The Morgan fingerprint density at radius 2 is 2.10 bits per heavy atom. The Labute approximate surface area is 124 Å². The molecule has 1 saturated heterocycles. The second-order valence-corrected chi connectivity index (χ2v) is 5.39. The molecule has 0 unspecified atom stereocenters. The van der Waals surface area contributed by atoms with Crippen molar-refractivity contribution in [2.75, 3.05) is 32.0 Å². The molecule has 2 aromatic rings. The Hall–Kier alpha value is -1.95. The van der Waals surface area contributed by atoms with Crippen molar-refractivity contribution in [2.45, 2.75) is 19.8 Å². The molecule has 0 saturated carbocycles. The number of hydrogen-bond donors (Lipinski definition) is 3. The molecule has 1 aromatic carbocycles. The zero-order valence-electron chi connectivity index (χ0n) is 12.3. The fourth-order valence-electron chi connectivity index (χ4n) is 2.73. The average molecular weight is 290 g/mol. The quantitative estimate of drug-likeness (QED) is 0.783. The number of fused-ring (bicyclic) bond motifs is 1. The number of nitrogens with two attached hydrogens (primary N) is 1. The third kappa shape index (κ3) is 3.05.